The van der Waals surface area contributed by atoms with Gasteiger partial charge in [0.05, 0.1) is 19.8 Å². The summed E-state index contributed by atoms with van der Waals surface area (Å²) < 4.78 is 21.9. The molecule has 1 atom stereocenters. The molecule has 0 fully saturated rings. The first-order valence-corrected chi connectivity index (χ1v) is 7.94. The number of halogens is 1. The minimum Gasteiger partial charge on any atom is -1.00 e. The largest absolute Gasteiger partial charge is 1.00 e. The van der Waals surface area contributed by atoms with Crippen molar-refractivity contribution in [3.05, 3.63) is 0 Å². The molecule has 0 amide bonds. The van der Waals surface area contributed by atoms with Gasteiger partial charge in [0.2, 0.25) is 0 Å². The third-order valence-electron chi connectivity index (χ3n) is 1.46. The van der Waals surface area contributed by atoms with Gasteiger partial charge in [-0.15, -0.1) is 0 Å². The zero-order valence-electron chi connectivity index (χ0n) is 12.3. The molecule has 126 valence electrons. The topological polar surface area (TPSA) is 191 Å². The molecule has 0 rings (SSSR count). The molecule has 22 heavy (non-hydrogen) atoms. The van der Waals surface area contributed by atoms with Crippen LogP contribution in [-0.4, -0.2) is 74.4 Å². The van der Waals surface area contributed by atoms with Gasteiger partial charge in [0.15, 0.2) is 0 Å². The van der Waals surface area contributed by atoms with Crippen molar-refractivity contribution in [1.29, 1.82) is 0 Å². The first-order valence-electron chi connectivity index (χ1n) is 4.91. The minimum atomic E-state index is -5.30. The number of nitrogens with zero attached hydrogens (tertiary/aromatic N) is 1. The molecule has 0 aromatic rings. The zero-order chi connectivity index (χ0) is 15.5. The van der Waals surface area contributed by atoms with Crippen molar-refractivity contribution in [3.63, 3.8) is 0 Å². The van der Waals surface area contributed by atoms with E-state index in [4.69, 9.17) is 30.0 Å². The van der Waals surface area contributed by atoms with Crippen LogP contribution in [0.3, 0.4) is 0 Å². The summed E-state index contributed by atoms with van der Waals surface area (Å²) in [6.07, 6.45) is 0. The molecule has 0 saturated carbocycles. The predicted molar refractivity (Wildman–Crippen MR) is 60.7 cm³/mol. The van der Waals surface area contributed by atoms with E-state index in [9.17, 15) is 14.0 Å². The monoisotopic (exact) mass is 531 g/mol. The van der Waals surface area contributed by atoms with E-state index in [1.807, 2.05) is 0 Å². The average molecular weight is 531 g/mol. The molecule has 0 aromatic carbocycles. The van der Waals surface area contributed by atoms with Gasteiger partial charge in [-0.05, 0) is 0 Å². The van der Waals surface area contributed by atoms with Crippen molar-refractivity contribution >= 4 is 15.6 Å². The molecule has 0 bridgehead atoms. The Balaban J connectivity index is -0.0000000774. The van der Waals surface area contributed by atoms with Crippen molar-refractivity contribution in [1.82, 2.24) is 4.90 Å². The molecule has 0 aliphatic carbocycles. The van der Waals surface area contributed by atoms with Crippen molar-refractivity contribution in [2.75, 3.05) is 39.5 Å². The Bertz CT molecular complexity index is 282. The van der Waals surface area contributed by atoms with Gasteiger partial charge in [0.25, 0.3) is 7.82 Å². The van der Waals surface area contributed by atoms with Gasteiger partial charge in [0, 0.05) is 19.6 Å². The second-order valence-corrected chi connectivity index (χ2v) is 5.62. The average Bonchev–Trinajstić information content (AvgIpc) is 2.13. The van der Waals surface area contributed by atoms with Gasteiger partial charge < -0.3 is 58.9 Å². The number of phosphoric acid groups is 2. The zero-order valence-corrected chi connectivity index (χ0v) is 22.5. The maximum atomic E-state index is 9.59. The molecule has 0 spiro atoms. The van der Waals surface area contributed by atoms with E-state index in [1.54, 1.807) is 4.90 Å². The van der Waals surface area contributed by atoms with Gasteiger partial charge in [-0.3, -0.25) is 9.46 Å². The Morgan fingerprint density at radius 3 is 1.23 bits per heavy atom. The van der Waals surface area contributed by atoms with Crippen LogP contribution in [0.1, 0.15) is 0 Å². The van der Waals surface area contributed by atoms with Gasteiger partial charge in [-0.25, -0.2) is 8.88 Å². The summed E-state index contributed by atoms with van der Waals surface area (Å²) >= 11 is 0. The van der Waals surface area contributed by atoms with Crippen molar-refractivity contribution in [3.8, 4) is 0 Å². The second-order valence-electron chi connectivity index (χ2n) is 3.05. The molecular formula is C6H18IK2NO10P2. The summed E-state index contributed by atoms with van der Waals surface area (Å²) in [4.78, 5) is 34.4. The second kappa shape index (κ2) is 21.4. The Kier molecular flexibility index (Phi) is 35.9. The number of hydrogen-bond donors (Lipinski definition) is 6. The molecule has 0 aromatic heterocycles. The van der Waals surface area contributed by atoms with Crippen LogP contribution in [0.4, 0.5) is 0 Å². The fourth-order valence-electron chi connectivity index (χ4n) is 0.894. The van der Waals surface area contributed by atoms with Crippen LogP contribution in [0.25, 0.3) is 0 Å². The summed E-state index contributed by atoms with van der Waals surface area (Å²) in [5, 5.41) is 25.5. The predicted octanol–water partition coefficient (Wildman–Crippen LogP) is -12.2. The fraction of sp³-hybridized carbons (Fsp3) is 1.00. The first kappa shape index (κ1) is 36.9. The normalized spacial score (nSPS) is 12.7. The van der Waals surface area contributed by atoms with E-state index in [0.717, 1.165) is 0 Å². The molecule has 0 radical (unpaired) electrons. The van der Waals surface area contributed by atoms with Crippen LogP contribution in [0, 0.1) is 0 Å². The summed E-state index contributed by atoms with van der Waals surface area (Å²) in [6, 6.07) is 0. The van der Waals surface area contributed by atoms with Gasteiger partial charge >= 0.3 is 111 Å². The summed E-state index contributed by atoms with van der Waals surface area (Å²) in [5.74, 6) is 0. The molecule has 16 heteroatoms. The number of aliphatic hydroxyl groups excluding tert-OH is 3. The Labute approximate surface area is 230 Å². The van der Waals surface area contributed by atoms with Crippen LogP contribution in [0.5, 0.6) is 0 Å². The SMILES string of the molecule is O=P([O-])(O)OP(=O)(O)O.OCCN(CCO)CCO.[I-].[K+].[K+]. The van der Waals surface area contributed by atoms with Crippen LogP contribution in [0.15, 0.2) is 0 Å². The first-order chi connectivity index (χ1) is 8.55. The van der Waals surface area contributed by atoms with Crippen LogP contribution < -0.4 is 132 Å². The van der Waals surface area contributed by atoms with E-state index in [2.05, 4.69) is 4.31 Å². The van der Waals surface area contributed by atoms with Crippen molar-refractivity contribution in [2.24, 2.45) is 0 Å². The fourth-order valence-corrected chi connectivity index (χ4v) is 1.97. The molecule has 1 unspecified atom stereocenters. The Morgan fingerprint density at radius 1 is 0.864 bits per heavy atom. The van der Waals surface area contributed by atoms with E-state index >= 15 is 0 Å². The molecule has 6 N–H and O–H groups in total. The van der Waals surface area contributed by atoms with Gasteiger partial charge in [-0.2, -0.15) is 0 Å². The van der Waals surface area contributed by atoms with Crippen LogP contribution >= 0.6 is 15.6 Å². The standard InChI is InChI=1S/C6H15NO3.HI.2K.H4O7P2/c8-4-1-7(2-5-9)3-6-10;;;;1-8(2,3)7-9(4,5)6/h8-10H,1-6H2;1H;;;(H2,1,2,3)(H2,4,5,6)/q;;2*+1;/p-2. The van der Waals surface area contributed by atoms with Crippen LogP contribution in [0.2, 0.25) is 0 Å². The molecule has 0 aliphatic rings. The third-order valence-corrected chi connectivity index (χ3v) is 3.13. The Morgan fingerprint density at radius 2 is 1.14 bits per heavy atom. The smallest absolute Gasteiger partial charge is 1.00 e. The maximum absolute atomic E-state index is 9.59. The molecule has 0 aliphatic heterocycles. The number of aliphatic hydroxyl groups is 3. The van der Waals surface area contributed by atoms with Crippen LogP contribution in [-0.2, 0) is 13.4 Å². The van der Waals surface area contributed by atoms with E-state index < -0.39 is 15.6 Å². The van der Waals surface area contributed by atoms with E-state index in [-0.39, 0.29) is 147 Å². The van der Waals surface area contributed by atoms with Crippen molar-refractivity contribution < 1.29 is 175 Å². The van der Waals surface area contributed by atoms with E-state index in [1.165, 1.54) is 0 Å². The third kappa shape index (κ3) is 35.3. The molecule has 0 saturated heterocycles. The minimum absolute atomic E-state index is 0. The molecule has 0 heterocycles. The quantitative estimate of drug-likeness (QED) is 0.0991. The summed E-state index contributed by atoms with van der Waals surface area (Å²) in [5.41, 5.74) is 0. The maximum Gasteiger partial charge on any atom is 1.00 e. The summed E-state index contributed by atoms with van der Waals surface area (Å²) in [6.45, 7) is 1.75. The number of rotatable bonds is 8. The Hall–Kier alpha value is 4.10. The van der Waals surface area contributed by atoms with E-state index in [0.29, 0.717) is 19.6 Å². The molecule has 11 nitrogen and oxygen atoms in total. The molecular weight excluding hydrogens is 513 g/mol. The van der Waals surface area contributed by atoms with Gasteiger partial charge in [0.1, 0.15) is 0 Å². The summed E-state index contributed by atoms with van der Waals surface area (Å²) in [7, 11) is -10.4. The van der Waals surface area contributed by atoms with Gasteiger partial charge in [-0.1, -0.05) is 0 Å². The number of hydrogen-bond acceptors (Lipinski definition) is 8. The van der Waals surface area contributed by atoms with Crippen molar-refractivity contribution in [2.45, 2.75) is 0 Å².